The van der Waals surface area contributed by atoms with Crippen LogP contribution in [0.1, 0.15) is 37.0 Å². The summed E-state index contributed by atoms with van der Waals surface area (Å²) in [6, 6.07) is 2.08. The van der Waals surface area contributed by atoms with Crippen molar-refractivity contribution in [1.82, 2.24) is 4.98 Å². The van der Waals surface area contributed by atoms with Gasteiger partial charge in [0.25, 0.3) is 0 Å². The third kappa shape index (κ3) is 1.54. The van der Waals surface area contributed by atoms with E-state index in [1.54, 1.807) is 0 Å². The highest BCUT2D eigenvalue weighted by Crippen LogP contribution is 2.29. The van der Waals surface area contributed by atoms with Crippen LogP contribution in [-0.4, -0.2) is 4.98 Å². The van der Waals surface area contributed by atoms with E-state index in [4.69, 9.17) is 4.42 Å². The van der Waals surface area contributed by atoms with Crippen molar-refractivity contribution < 1.29 is 4.42 Å². The topological polar surface area (TPSA) is 26.0 Å². The van der Waals surface area contributed by atoms with E-state index >= 15 is 0 Å². The smallest absolute Gasteiger partial charge is 0.152 e. The Bertz CT molecular complexity index is 472. The number of hydrogen-bond acceptors (Lipinski definition) is 2. The molecule has 0 spiro atoms. The molecule has 2 aromatic rings. The van der Waals surface area contributed by atoms with Crippen LogP contribution in [0.15, 0.2) is 22.9 Å². The van der Waals surface area contributed by atoms with E-state index in [2.05, 4.69) is 11.1 Å². The molecule has 3 rings (SSSR count). The summed E-state index contributed by atoms with van der Waals surface area (Å²) in [5.41, 5.74) is 2.40. The van der Waals surface area contributed by atoms with E-state index in [-0.39, 0.29) is 0 Å². The molecule has 0 unspecified atom stereocenters. The van der Waals surface area contributed by atoms with E-state index in [1.807, 2.05) is 12.4 Å². The summed E-state index contributed by atoms with van der Waals surface area (Å²) in [5, 5.41) is 1.28. The molecule has 0 amide bonds. The predicted molar refractivity (Wildman–Crippen MR) is 59.9 cm³/mol. The van der Waals surface area contributed by atoms with Crippen LogP contribution in [0, 0.1) is 0 Å². The number of fused-ring (bicyclic) bond motifs is 3. The van der Waals surface area contributed by atoms with Gasteiger partial charge in [0.1, 0.15) is 5.76 Å². The average molecular weight is 201 g/mol. The molecule has 15 heavy (non-hydrogen) atoms. The van der Waals surface area contributed by atoms with E-state index in [1.165, 1.54) is 48.8 Å². The zero-order valence-electron chi connectivity index (χ0n) is 8.83. The van der Waals surface area contributed by atoms with Crippen molar-refractivity contribution in [2.45, 2.75) is 38.5 Å². The minimum Gasteiger partial charge on any atom is -0.459 e. The van der Waals surface area contributed by atoms with Gasteiger partial charge in [0.05, 0.1) is 6.20 Å². The molecular formula is C13H15NO. The summed E-state index contributed by atoms with van der Waals surface area (Å²) in [4.78, 5) is 4.11. The molecule has 1 aliphatic rings. The third-order valence-corrected chi connectivity index (χ3v) is 3.26. The first kappa shape index (κ1) is 8.96. The first-order valence-corrected chi connectivity index (χ1v) is 5.79. The van der Waals surface area contributed by atoms with Gasteiger partial charge in [-0.05, 0) is 25.3 Å². The lowest BCUT2D eigenvalue weighted by atomic mass is 9.97. The van der Waals surface area contributed by atoms with E-state index in [0.29, 0.717) is 0 Å². The van der Waals surface area contributed by atoms with E-state index in [9.17, 15) is 0 Å². The van der Waals surface area contributed by atoms with Crippen molar-refractivity contribution in [2.75, 3.05) is 0 Å². The molecule has 0 bridgehead atoms. The fraction of sp³-hybridized carbons (Fsp3) is 0.462. The maximum atomic E-state index is 5.86. The summed E-state index contributed by atoms with van der Waals surface area (Å²) in [5.74, 6) is 1.21. The van der Waals surface area contributed by atoms with Gasteiger partial charge in [0.15, 0.2) is 5.58 Å². The lowest BCUT2D eigenvalue weighted by Gasteiger charge is -2.07. The Balaban J connectivity index is 2.15. The minimum absolute atomic E-state index is 0.962. The van der Waals surface area contributed by atoms with Crippen LogP contribution in [-0.2, 0) is 12.8 Å². The first-order valence-electron chi connectivity index (χ1n) is 5.79. The van der Waals surface area contributed by atoms with Gasteiger partial charge in [-0.2, -0.15) is 0 Å². The van der Waals surface area contributed by atoms with Gasteiger partial charge in [0, 0.05) is 23.6 Å². The molecule has 0 fully saturated rings. The number of rotatable bonds is 0. The molecule has 2 heterocycles. The van der Waals surface area contributed by atoms with Crippen molar-refractivity contribution >= 4 is 11.0 Å². The Morgan fingerprint density at radius 1 is 1.07 bits per heavy atom. The molecule has 0 aromatic carbocycles. The number of aromatic nitrogens is 1. The van der Waals surface area contributed by atoms with E-state index < -0.39 is 0 Å². The number of pyridine rings is 1. The third-order valence-electron chi connectivity index (χ3n) is 3.26. The lowest BCUT2D eigenvalue weighted by molar-refractivity contribution is 0.503. The summed E-state index contributed by atoms with van der Waals surface area (Å²) in [7, 11) is 0. The highest BCUT2D eigenvalue weighted by molar-refractivity contribution is 5.81. The number of aryl methyl sites for hydroxylation is 2. The summed E-state index contributed by atoms with van der Waals surface area (Å²) >= 11 is 0. The highest BCUT2D eigenvalue weighted by atomic mass is 16.3. The van der Waals surface area contributed by atoms with Crippen molar-refractivity contribution in [3.63, 3.8) is 0 Å². The number of furan rings is 1. The standard InChI is InChI=1S/C13H15NO/c1-2-4-6-12-10(5-3-1)11-7-8-14-9-13(11)15-12/h7-9H,1-6H2. The van der Waals surface area contributed by atoms with Crippen molar-refractivity contribution in [3.05, 3.63) is 29.8 Å². The summed E-state index contributed by atoms with van der Waals surface area (Å²) in [6.45, 7) is 0. The predicted octanol–water partition coefficient (Wildman–Crippen LogP) is 3.49. The summed E-state index contributed by atoms with van der Waals surface area (Å²) in [6.07, 6.45) is 11.2. The molecule has 78 valence electrons. The van der Waals surface area contributed by atoms with Crippen molar-refractivity contribution in [2.24, 2.45) is 0 Å². The van der Waals surface area contributed by atoms with Gasteiger partial charge in [-0.15, -0.1) is 0 Å². The largest absolute Gasteiger partial charge is 0.459 e. The van der Waals surface area contributed by atoms with Crippen LogP contribution in [0.2, 0.25) is 0 Å². The van der Waals surface area contributed by atoms with Gasteiger partial charge in [0.2, 0.25) is 0 Å². The normalized spacial score (nSPS) is 17.1. The van der Waals surface area contributed by atoms with Crippen LogP contribution >= 0.6 is 0 Å². The van der Waals surface area contributed by atoms with Gasteiger partial charge < -0.3 is 4.42 Å². The van der Waals surface area contributed by atoms with Gasteiger partial charge in [-0.25, -0.2) is 0 Å². The number of nitrogens with zero attached hydrogens (tertiary/aromatic N) is 1. The molecule has 0 atom stereocenters. The zero-order chi connectivity index (χ0) is 10.1. The summed E-state index contributed by atoms with van der Waals surface area (Å²) < 4.78 is 5.86. The first-order chi connectivity index (χ1) is 7.45. The Morgan fingerprint density at radius 3 is 2.87 bits per heavy atom. The minimum atomic E-state index is 0.962. The second kappa shape index (κ2) is 3.69. The fourth-order valence-electron chi connectivity index (χ4n) is 2.47. The van der Waals surface area contributed by atoms with Crippen LogP contribution < -0.4 is 0 Å². The number of hydrogen-bond donors (Lipinski definition) is 0. The molecule has 0 radical (unpaired) electrons. The fourth-order valence-corrected chi connectivity index (χ4v) is 2.47. The molecule has 2 heteroatoms. The van der Waals surface area contributed by atoms with Crippen LogP contribution in [0.3, 0.4) is 0 Å². The van der Waals surface area contributed by atoms with Crippen LogP contribution in [0.5, 0.6) is 0 Å². The Labute approximate surface area is 89.3 Å². The highest BCUT2D eigenvalue weighted by Gasteiger charge is 2.15. The lowest BCUT2D eigenvalue weighted by Crippen LogP contribution is -1.96. The molecule has 0 aliphatic heterocycles. The van der Waals surface area contributed by atoms with Crippen LogP contribution in [0.4, 0.5) is 0 Å². The Hall–Kier alpha value is -1.31. The Morgan fingerprint density at radius 2 is 1.93 bits per heavy atom. The maximum absolute atomic E-state index is 5.86. The molecule has 0 saturated heterocycles. The molecule has 1 aliphatic carbocycles. The maximum Gasteiger partial charge on any atom is 0.152 e. The van der Waals surface area contributed by atoms with Gasteiger partial charge >= 0.3 is 0 Å². The van der Waals surface area contributed by atoms with Crippen molar-refractivity contribution in [1.29, 1.82) is 0 Å². The van der Waals surface area contributed by atoms with Crippen molar-refractivity contribution in [3.8, 4) is 0 Å². The van der Waals surface area contributed by atoms with Gasteiger partial charge in [-0.3, -0.25) is 4.98 Å². The quantitative estimate of drug-likeness (QED) is 0.652. The molecule has 0 saturated carbocycles. The molecule has 2 aromatic heterocycles. The average Bonchev–Trinajstić information content (AvgIpc) is 2.55. The molecule has 2 nitrogen and oxygen atoms in total. The monoisotopic (exact) mass is 201 g/mol. The van der Waals surface area contributed by atoms with Crippen LogP contribution in [0.25, 0.3) is 11.0 Å². The SMILES string of the molecule is c1cc2c3c(oc2cn1)CCCCCC3. The second-order valence-electron chi connectivity index (χ2n) is 4.29. The second-order valence-corrected chi connectivity index (χ2v) is 4.29. The Kier molecular flexibility index (Phi) is 2.20. The van der Waals surface area contributed by atoms with E-state index in [0.717, 1.165) is 12.0 Å². The van der Waals surface area contributed by atoms with Gasteiger partial charge in [-0.1, -0.05) is 12.8 Å². The molecule has 0 N–H and O–H groups in total. The molecular weight excluding hydrogens is 186 g/mol. The zero-order valence-corrected chi connectivity index (χ0v) is 8.83.